The monoisotopic (exact) mass is 378 g/mol. The Morgan fingerprint density at radius 1 is 1.04 bits per heavy atom. The largest absolute Gasteiger partial charge is 0.490 e. The molecule has 0 heterocycles. The summed E-state index contributed by atoms with van der Waals surface area (Å²) in [5, 5.41) is 3.33. The SMILES string of the molecule is Cl.NC1CC2CCCC(C1)C2NC(=O)c1cccc(OC2CCCC2)c1. The molecule has 144 valence electrons. The minimum absolute atomic E-state index is 0. The van der Waals surface area contributed by atoms with Gasteiger partial charge in [-0.1, -0.05) is 12.5 Å². The smallest absolute Gasteiger partial charge is 0.251 e. The molecule has 2 bridgehead atoms. The van der Waals surface area contributed by atoms with Crippen molar-refractivity contribution in [1.82, 2.24) is 5.32 Å². The van der Waals surface area contributed by atoms with E-state index in [1.165, 1.54) is 32.1 Å². The second-order valence-electron chi connectivity index (χ2n) is 8.23. The first-order valence-corrected chi connectivity index (χ1v) is 10.0. The molecule has 0 saturated heterocycles. The molecule has 0 spiro atoms. The molecule has 0 aromatic heterocycles. The van der Waals surface area contributed by atoms with Crippen molar-refractivity contribution in [2.45, 2.75) is 76.0 Å². The summed E-state index contributed by atoms with van der Waals surface area (Å²) in [6.45, 7) is 0. The van der Waals surface area contributed by atoms with Crippen LogP contribution in [0.3, 0.4) is 0 Å². The number of carbonyl (C=O) groups excluding carboxylic acids is 1. The average molecular weight is 379 g/mol. The van der Waals surface area contributed by atoms with Crippen LogP contribution in [0.25, 0.3) is 0 Å². The van der Waals surface area contributed by atoms with E-state index in [1.54, 1.807) is 0 Å². The fourth-order valence-electron chi connectivity index (χ4n) is 5.17. The van der Waals surface area contributed by atoms with Crippen molar-refractivity contribution >= 4 is 18.3 Å². The van der Waals surface area contributed by atoms with E-state index < -0.39 is 0 Å². The number of nitrogens with one attached hydrogen (secondary N) is 1. The Bertz CT molecular complexity index is 604. The maximum atomic E-state index is 12.8. The summed E-state index contributed by atoms with van der Waals surface area (Å²) in [5.41, 5.74) is 6.91. The van der Waals surface area contributed by atoms with Crippen LogP contribution in [0.2, 0.25) is 0 Å². The van der Waals surface area contributed by atoms with Gasteiger partial charge in [0.25, 0.3) is 5.91 Å². The van der Waals surface area contributed by atoms with Gasteiger partial charge < -0.3 is 15.8 Å². The molecular weight excluding hydrogens is 348 g/mol. The Morgan fingerprint density at radius 3 is 2.42 bits per heavy atom. The standard InChI is InChI=1S/C21H30N2O2.ClH/c22-17-11-14-5-3-6-15(12-17)20(14)23-21(24)16-7-4-10-19(13-16)25-18-8-1-2-9-18;/h4,7,10,13-15,17-18,20H,1-3,5-6,8-9,11-12,22H2,(H,23,24);1H. The van der Waals surface area contributed by atoms with Crippen LogP contribution in [0.5, 0.6) is 5.75 Å². The zero-order valence-corrected chi connectivity index (χ0v) is 16.2. The number of amides is 1. The maximum absolute atomic E-state index is 12.8. The lowest BCUT2D eigenvalue weighted by molar-refractivity contribution is 0.0755. The van der Waals surface area contributed by atoms with Gasteiger partial charge in [-0.15, -0.1) is 12.4 Å². The quantitative estimate of drug-likeness (QED) is 0.830. The van der Waals surface area contributed by atoms with Crippen LogP contribution >= 0.6 is 12.4 Å². The minimum atomic E-state index is 0. The molecule has 5 heteroatoms. The number of hydrogen-bond acceptors (Lipinski definition) is 3. The molecule has 4 nitrogen and oxygen atoms in total. The Balaban J connectivity index is 0.00000196. The third-order valence-corrected chi connectivity index (χ3v) is 6.38. The summed E-state index contributed by atoms with van der Waals surface area (Å²) in [7, 11) is 0. The summed E-state index contributed by atoms with van der Waals surface area (Å²) >= 11 is 0. The fraction of sp³-hybridized carbons (Fsp3) is 0.667. The van der Waals surface area contributed by atoms with Crippen molar-refractivity contribution in [2.75, 3.05) is 0 Å². The Labute approximate surface area is 162 Å². The molecule has 4 rings (SSSR count). The third-order valence-electron chi connectivity index (χ3n) is 6.38. The molecule has 0 aliphatic heterocycles. The first kappa shape index (κ1) is 19.5. The number of ether oxygens (including phenoxy) is 1. The van der Waals surface area contributed by atoms with Gasteiger partial charge in [-0.3, -0.25) is 4.79 Å². The van der Waals surface area contributed by atoms with Crippen molar-refractivity contribution in [2.24, 2.45) is 17.6 Å². The van der Waals surface area contributed by atoms with Crippen LogP contribution in [-0.2, 0) is 0 Å². The van der Waals surface area contributed by atoms with E-state index in [-0.39, 0.29) is 18.3 Å². The molecule has 2 atom stereocenters. The zero-order valence-electron chi connectivity index (χ0n) is 15.4. The number of rotatable bonds is 4. The number of fused-ring (bicyclic) bond motifs is 2. The van der Waals surface area contributed by atoms with E-state index in [4.69, 9.17) is 10.5 Å². The van der Waals surface area contributed by atoms with E-state index >= 15 is 0 Å². The molecule has 3 aliphatic carbocycles. The summed E-state index contributed by atoms with van der Waals surface area (Å²) in [4.78, 5) is 12.8. The predicted octanol–water partition coefficient (Wildman–Crippen LogP) is 4.07. The van der Waals surface area contributed by atoms with Crippen molar-refractivity contribution in [3.63, 3.8) is 0 Å². The average Bonchev–Trinajstić information content (AvgIpc) is 3.09. The molecule has 3 aliphatic rings. The number of carbonyl (C=O) groups is 1. The Morgan fingerprint density at radius 2 is 1.73 bits per heavy atom. The van der Waals surface area contributed by atoms with Crippen LogP contribution in [0.1, 0.15) is 68.1 Å². The molecular formula is C21H31ClN2O2. The highest BCUT2D eigenvalue weighted by molar-refractivity contribution is 5.94. The van der Waals surface area contributed by atoms with Gasteiger partial charge in [0.05, 0.1) is 6.10 Å². The molecule has 0 radical (unpaired) electrons. The van der Waals surface area contributed by atoms with Gasteiger partial charge in [0, 0.05) is 17.6 Å². The molecule has 3 N–H and O–H groups in total. The van der Waals surface area contributed by atoms with E-state index in [0.29, 0.717) is 35.6 Å². The van der Waals surface area contributed by atoms with Crippen LogP contribution in [0, 0.1) is 11.8 Å². The summed E-state index contributed by atoms with van der Waals surface area (Å²) in [6.07, 6.45) is 10.8. The van der Waals surface area contributed by atoms with Gasteiger partial charge >= 0.3 is 0 Å². The fourth-order valence-corrected chi connectivity index (χ4v) is 5.17. The number of hydrogen-bond donors (Lipinski definition) is 2. The first-order chi connectivity index (χ1) is 12.2. The normalized spacial score (nSPS) is 31.1. The summed E-state index contributed by atoms with van der Waals surface area (Å²) < 4.78 is 6.05. The lowest BCUT2D eigenvalue weighted by Crippen LogP contribution is -2.53. The van der Waals surface area contributed by atoms with E-state index in [1.807, 2.05) is 24.3 Å². The van der Waals surface area contributed by atoms with Crippen LogP contribution < -0.4 is 15.8 Å². The maximum Gasteiger partial charge on any atom is 0.251 e. The number of halogens is 1. The molecule has 1 aromatic rings. The van der Waals surface area contributed by atoms with Crippen molar-refractivity contribution in [1.29, 1.82) is 0 Å². The highest BCUT2D eigenvalue weighted by atomic mass is 35.5. The predicted molar refractivity (Wildman–Crippen MR) is 106 cm³/mol. The van der Waals surface area contributed by atoms with Gasteiger partial charge in [0.2, 0.25) is 0 Å². The highest BCUT2D eigenvalue weighted by Crippen LogP contribution is 2.39. The Hall–Kier alpha value is -1.26. The molecule has 2 unspecified atom stereocenters. The number of nitrogens with two attached hydrogens (primary N) is 1. The van der Waals surface area contributed by atoms with Crippen molar-refractivity contribution in [3.8, 4) is 5.75 Å². The minimum Gasteiger partial charge on any atom is -0.490 e. The van der Waals surface area contributed by atoms with Gasteiger partial charge in [0.15, 0.2) is 0 Å². The topological polar surface area (TPSA) is 64.3 Å². The van der Waals surface area contributed by atoms with Gasteiger partial charge in [-0.2, -0.15) is 0 Å². The second-order valence-corrected chi connectivity index (χ2v) is 8.23. The van der Waals surface area contributed by atoms with Gasteiger partial charge in [-0.05, 0) is 81.4 Å². The van der Waals surface area contributed by atoms with E-state index in [9.17, 15) is 4.79 Å². The lowest BCUT2D eigenvalue weighted by Gasteiger charge is -2.45. The molecule has 1 aromatic carbocycles. The van der Waals surface area contributed by atoms with Crippen LogP contribution in [-0.4, -0.2) is 24.1 Å². The van der Waals surface area contributed by atoms with Gasteiger partial charge in [0.1, 0.15) is 5.75 Å². The van der Waals surface area contributed by atoms with Crippen LogP contribution in [0.15, 0.2) is 24.3 Å². The van der Waals surface area contributed by atoms with Gasteiger partial charge in [-0.25, -0.2) is 0 Å². The van der Waals surface area contributed by atoms with E-state index in [2.05, 4.69) is 5.32 Å². The first-order valence-electron chi connectivity index (χ1n) is 10.0. The molecule has 3 fully saturated rings. The van der Waals surface area contributed by atoms with E-state index in [0.717, 1.165) is 31.4 Å². The Kier molecular flexibility index (Phi) is 6.46. The van der Waals surface area contributed by atoms with Crippen LogP contribution in [0.4, 0.5) is 0 Å². The van der Waals surface area contributed by atoms with Crippen molar-refractivity contribution in [3.05, 3.63) is 29.8 Å². The summed E-state index contributed by atoms with van der Waals surface area (Å²) in [6, 6.07) is 8.28. The summed E-state index contributed by atoms with van der Waals surface area (Å²) in [5.74, 6) is 1.95. The van der Waals surface area contributed by atoms with Crippen molar-refractivity contribution < 1.29 is 9.53 Å². The third kappa shape index (κ3) is 4.34. The second kappa shape index (κ2) is 8.62. The lowest BCUT2D eigenvalue weighted by atomic mass is 9.67. The molecule has 1 amide bonds. The zero-order chi connectivity index (χ0) is 17.2. The number of benzene rings is 1. The highest BCUT2D eigenvalue weighted by Gasteiger charge is 2.40. The molecule has 26 heavy (non-hydrogen) atoms. The molecule has 3 saturated carbocycles.